The molecule has 1 nitrogen and oxygen atoms in total. The zero-order valence-electron chi connectivity index (χ0n) is 10.5. The Morgan fingerprint density at radius 1 is 1.16 bits per heavy atom. The zero-order valence-corrected chi connectivity index (χ0v) is 12.0. The van der Waals surface area contributed by atoms with Crippen LogP contribution in [0.1, 0.15) is 24.1 Å². The summed E-state index contributed by atoms with van der Waals surface area (Å²) in [7, 11) is 0. The molecule has 0 spiro atoms. The van der Waals surface area contributed by atoms with Crippen molar-refractivity contribution in [3.63, 3.8) is 0 Å². The second-order valence-corrected chi connectivity index (χ2v) is 5.24. The van der Waals surface area contributed by atoms with Crippen LogP contribution in [-0.2, 0) is 6.54 Å². The van der Waals surface area contributed by atoms with E-state index in [0.29, 0.717) is 16.6 Å². The first-order valence-corrected chi connectivity index (χ1v) is 6.74. The predicted octanol–water partition coefficient (Wildman–Crippen LogP) is 4.98. The fraction of sp³-hybridized carbons (Fsp3) is 0.200. The molecule has 2 aromatic carbocycles. The largest absolute Gasteiger partial charge is 0.306 e. The molecule has 0 aliphatic carbocycles. The van der Waals surface area contributed by atoms with Crippen molar-refractivity contribution in [3.8, 4) is 0 Å². The lowest BCUT2D eigenvalue weighted by Gasteiger charge is -2.16. The van der Waals surface area contributed by atoms with Crippen LogP contribution in [0.2, 0.25) is 10.0 Å². The lowest BCUT2D eigenvalue weighted by atomic mass is 10.1. The van der Waals surface area contributed by atoms with Gasteiger partial charge in [0.05, 0.1) is 0 Å². The Balaban J connectivity index is 2.05. The number of nitrogens with one attached hydrogen (secondary N) is 1. The minimum atomic E-state index is -0.229. The van der Waals surface area contributed by atoms with Crippen molar-refractivity contribution in [2.24, 2.45) is 0 Å². The van der Waals surface area contributed by atoms with Crippen molar-refractivity contribution >= 4 is 23.2 Å². The van der Waals surface area contributed by atoms with Gasteiger partial charge in [0.15, 0.2) is 0 Å². The van der Waals surface area contributed by atoms with E-state index in [1.165, 1.54) is 12.1 Å². The fourth-order valence-electron chi connectivity index (χ4n) is 1.87. The normalized spacial score (nSPS) is 12.4. The third-order valence-electron chi connectivity index (χ3n) is 2.93. The smallest absolute Gasteiger partial charge is 0.123 e. The minimum Gasteiger partial charge on any atom is -0.306 e. The summed E-state index contributed by atoms with van der Waals surface area (Å²) in [6.45, 7) is 2.57. The molecule has 0 saturated heterocycles. The zero-order chi connectivity index (χ0) is 13.8. The first-order chi connectivity index (χ1) is 9.06. The molecule has 1 atom stereocenters. The van der Waals surface area contributed by atoms with Gasteiger partial charge in [-0.3, -0.25) is 0 Å². The monoisotopic (exact) mass is 297 g/mol. The molecule has 4 heteroatoms. The van der Waals surface area contributed by atoms with Crippen molar-refractivity contribution in [3.05, 3.63) is 69.5 Å². The highest BCUT2D eigenvalue weighted by atomic mass is 35.5. The second-order valence-electron chi connectivity index (χ2n) is 4.40. The molecule has 0 heterocycles. The molecule has 0 aromatic heterocycles. The van der Waals surface area contributed by atoms with E-state index in [0.717, 1.165) is 11.1 Å². The lowest BCUT2D eigenvalue weighted by Crippen LogP contribution is -2.18. The third-order valence-corrected chi connectivity index (χ3v) is 3.51. The van der Waals surface area contributed by atoms with Gasteiger partial charge in [-0.2, -0.15) is 0 Å². The van der Waals surface area contributed by atoms with Crippen LogP contribution < -0.4 is 5.32 Å². The summed E-state index contributed by atoms with van der Waals surface area (Å²) >= 11 is 12.1. The molecular weight excluding hydrogens is 284 g/mol. The van der Waals surface area contributed by atoms with E-state index < -0.39 is 0 Å². The molecular formula is C15H14Cl2FN. The Morgan fingerprint density at radius 3 is 2.68 bits per heavy atom. The van der Waals surface area contributed by atoms with E-state index in [9.17, 15) is 4.39 Å². The predicted molar refractivity (Wildman–Crippen MR) is 78.1 cm³/mol. The maximum atomic E-state index is 13.1. The van der Waals surface area contributed by atoms with Crippen molar-refractivity contribution in [1.29, 1.82) is 0 Å². The maximum absolute atomic E-state index is 13.1. The first kappa shape index (κ1) is 14.3. The summed E-state index contributed by atoms with van der Waals surface area (Å²) in [6.07, 6.45) is 0. The molecule has 1 N–H and O–H groups in total. The Morgan fingerprint density at radius 2 is 1.95 bits per heavy atom. The van der Waals surface area contributed by atoms with Crippen LogP contribution in [0.15, 0.2) is 42.5 Å². The summed E-state index contributed by atoms with van der Waals surface area (Å²) in [4.78, 5) is 0. The van der Waals surface area contributed by atoms with Crippen molar-refractivity contribution in [1.82, 2.24) is 5.32 Å². The summed E-state index contributed by atoms with van der Waals surface area (Å²) < 4.78 is 13.1. The highest BCUT2D eigenvalue weighted by Gasteiger charge is 2.10. The average molecular weight is 298 g/mol. The number of hydrogen-bond donors (Lipinski definition) is 1. The summed E-state index contributed by atoms with van der Waals surface area (Å²) in [5.41, 5.74) is 1.83. The quantitative estimate of drug-likeness (QED) is 0.839. The van der Waals surface area contributed by atoms with Crippen LogP contribution >= 0.6 is 23.2 Å². The van der Waals surface area contributed by atoms with Crippen molar-refractivity contribution < 1.29 is 4.39 Å². The summed E-state index contributed by atoms with van der Waals surface area (Å²) in [5, 5.41) is 4.62. The van der Waals surface area contributed by atoms with Crippen LogP contribution in [0.25, 0.3) is 0 Å². The molecule has 19 heavy (non-hydrogen) atoms. The first-order valence-electron chi connectivity index (χ1n) is 5.99. The van der Waals surface area contributed by atoms with Crippen molar-refractivity contribution in [2.75, 3.05) is 0 Å². The lowest BCUT2D eigenvalue weighted by molar-refractivity contribution is 0.569. The Kier molecular flexibility index (Phi) is 4.81. The summed E-state index contributed by atoms with van der Waals surface area (Å²) in [5.74, 6) is -0.229. The minimum absolute atomic E-state index is 0.0365. The van der Waals surface area contributed by atoms with E-state index in [1.807, 2.05) is 19.1 Å². The van der Waals surface area contributed by atoms with Gasteiger partial charge < -0.3 is 5.32 Å². The number of benzene rings is 2. The highest BCUT2D eigenvalue weighted by Crippen LogP contribution is 2.26. The van der Waals surface area contributed by atoms with Gasteiger partial charge in [0.25, 0.3) is 0 Å². The molecule has 0 bridgehead atoms. The third kappa shape index (κ3) is 3.93. The van der Waals surface area contributed by atoms with Crippen molar-refractivity contribution in [2.45, 2.75) is 19.5 Å². The Bertz CT molecular complexity index is 572. The summed E-state index contributed by atoms with van der Waals surface area (Å²) in [6, 6.07) is 11.9. The van der Waals surface area contributed by atoms with E-state index in [2.05, 4.69) is 5.32 Å². The maximum Gasteiger partial charge on any atom is 0.123 e. The molecule has 0 aliphatic rings. The van der Waals surface area contributed by atoms with Gasteiger partial charge in [-0.05, 0) is 48.4 Å². The van der Waals surface area contributed by atoms with E-state index >= 15 is 0 Å². The molecule has 0 fully saturated rings. The van der Waals surface area contributed by atoms with Gasteiger partial charge in [0, 0.05) is 22.6 Å². The topological polar surface area (TPSA) is 12.0 Å². The van der Waals surface area contributed by atoms with Crippen LogP contribution in [0, 0.1) is 5.82 Å². The van der Waals surface area contributed by atoms with Gasteiger partial charge in [0.2, 0.25) is 0 Å². The number of hydrogen-bond acceptors (Lipinski definition) is 1. The van der Waals surface area contributed by atoms with Gasteiger partial charge in [-0.25, -0.2) is 4.39 Å². The van der Waals surface area contributed by atoms with Crippen LogP contribution in [0.5, 0.6) is 0 Å². The molecule has 1 unspecified atom stereocenters. The Hall–Kier alpha value is -1.09. The molecule has 0 amide bonds. The fourth-order valence-corrected chi connectivity index (χ4v) is 2.34. The molecule has 0 aliphatic heterocycles. The van der Waals surface area contributed by atoms with E-state index in [1.54, 1.807) is 18.2 Å². The second kappa shape index (κ2) is 6.38. The molecule has 2 rings (SSSR count). The van der Waals surface area contributed by atoms with E-state index in [4.69, 9.17) is 23.2 Å². The van der Waals surface area contributed by atoms with Gasteiger partial charge in [0.1, 0.15) is 5.82 Å². The molecule has 0 saturated carbocycles. The van der Waals surface area contributed by atoms with E-state index in [-0.39, 0.29) is 11.9 Å². The van der Waals surface area contributed by atoms with Crippen LogP contribution in [-0.4, -0.2) is 0 Å². The van der Waals surface area contributed by atoms with Crippen LogP contribution in [0.3, 0.4) is 0 Å². The number of halogens is 3. The highest BCUT2D eigenvalue weighted by molar-refractivity contribution is 6.33. The van der Waals surface area contributed by atoms with Gasteiger partial charge in [-0.15, -0.1) is 0 Å². The molecule has 2 aromatic rings. The molecule has 0 radical (unpaired) electrons. The molecule has 100 valence electrons. The Labute approximate surface area is 122 Å². The van der Waals surface area contributed by atoms with Gasteiger partial charge in [-0.1, -0.05) is 35.3 Å². The SMILES string of the molecule is CC(NCc1cccc(F)c1)c1cc(Cl)ccc1Cl. The van der Waals surface area contributed by atoms with Gasteiger partial charge >= 0.3 is 0 Å². The average Bonchev–Trinajstić information content (AvgIpc) is 2.39. The number of rotatable bonds is 4. The standard InChI is InChI=1S/C15H14Cl2FN/c1-10(14-8-12(16)5-6-15(14)17)19-9-11-3-2-4-13(18)7-11/h2-8,10,19H,9H2,1H3. The van der Waals surface area contributed by atoms with Crippen LogP contribution in [0.4, 0.5) is 4.39 Å².